The van der Waals surface area contributed by atoms with Gasteiger partial charge in [0.15, 0.2) is 5.65 Å². The molecule has 128 valence electrons. The molecule has 8 nitrogen and oxygen atoms in total. The summed E-state index contributed by atoms with van der Waals surface area (Å²) in [7, 11) is 1.71. The highest BCUT2D eigenvalue weighted by Gasteiger charge is 2.34. The number of pyridine rings is 1. The highest BCUT2D eigenvalue weighted by Crippen LogP contribution is 2.23. The quantitative estimate of drug-likeness (QED) is 0.851. The van der Waals surface area contributed by atoms with Crippen LogP contribution in [-0.2, 0) is 23.1 Å². The molecule has 2 N–H and O–H groups in total. The molecule has 3 rings (SSSR count). The number of carbonyl (C=O) groups is 2. The van der Waals surface area contributed by atoms with E-state index in [4.69, 9.17) is 0 Å². The Hall–Kier alpha value is -2.64. The Morgan fingerprint density at radius 3 is 2.75 bits per heavy atom. The zero-order valence-corrected chi connectivity index (χ0v) is 13.9. The summed E-state index contributed by atoms with van der Waals surface area (Å²) in [6.45, 7) is 4.05. The summed E-state index contributed by atoms with van der Waals surface area (Å²) < 4.78 is 1.56. The van der Waals surface area contributed by atoms with E-state index in [-0.39, 0.29) is 17.9 Å². The molecule has 8 heteroatoms. The van der Waals surface area contributed by atoms with Gasteiger partial charge in [0.2, 0.25) is 5.91 Å². The standard InChI is InChI=1S/C16H20N4O4/c1-8-10(7-12(21)20-6-4-5-11(20)16(23)24)9(2)17-14-13(8)15(22)18-19(14)3/h11H,4-7H2,1-3H3,(H,18,22)(H,23,24)/t11-/m1/s1. The third-order valence-corrected chi connectivity index (χ3v) is 4.76. The molecule has 0 unspecified atom stereocenters. The number of amides is 1. The van der Waals surface area contributed by atoms with Crippen molar-refractivity contribution < 1.29 is 14.7 Å². The largest absolute Gasteiger partial charge is 0.480 e. The van der Waals surface area contributed by atoms with Crippen LogP contribution in [-0.4, -0.2) is 49.2 Å². The van der Waals surface area contributed by atoms with Gasteiger partial charge in [-0.2, -0.15) is 0 Å². The number of nitrogens with one attached hydrogen (secondary N) is 1. The number of nitrogens with zero attached hydrogens (tertiary/aromatic N) is 3. The molecule has 1 aliphatic rings. The van der Waals surface area contributed by atoms with E-state index in [0.717, 1.165) is 5.56 Å². The SMILES string of the molecule is Cc1nc2c(c(C)c1CC(=O)N1CCC[C@@H]1C(=O)O)c(=O)[nH]n2C. The molecule has 1 atom stereocenters. The fourth-order valence-corrected chi connectivity index (χ4v) is 3.48. The van der Waals surface area contributed by atoms with Gasteiger partial charge in [-0.15, -0.1) is 0 Å². The first-order chi connectivity index (χ1) is 11.3. The summed E-state index contributed by atoms with van der Waals surface area (Å²) in [6.07, 6.45) is 1.23. The fourth-order valence-electron chi connectivity index (χ4n) is 3.48. The van der Waals surface area contributed by atoms with E-state index in [0.29, 0.717) is 41.7 Å². The maximum Gasteiger partial charge on any atom is 0.326 e. The summed E-state index contributed by atoms with van der Waals surface area (Å²) in [5.74, 6) is -1.21. The second kappa shape index (κ2) is 5.77. The summed E-state index contributed by atoms with van der Waals surface area (Å²) in [4.78, 5) is 41.8. The predicted molar refractivity (Wildman–Crippen MR) is 86.9 cm³/mol. The molecule has 1 saturated heterocycles. The van der Waals surface area contributed by atoms with Crippen LogP contribution in [0.3, 0.4) is 0 Å². The smallest absolute Gasteiger partial charge is 0.326 e. The zero-order valence-electron chi connectivity index (χ0n) is 13.9. The molecule has 2 aromatic heterocycles. The van der Waals surface area contributed by atoms with Crippen molar-refractivity contribution in [1.29, 1.82) is 0 Å². The van der Waals surface area contributed by atoms with E-state index >= 15 is 0 Å². The molecule has 0 radical (unpaired) electrons. The number of aromatic amines is 1. The number of H-pyrrole nitrogens is 1. The van der Waals surface area contributed by atoms with Gasteiger partial charge in [-0.3, -0.25) is 19.4 Å². The van der Waals surface area contributed by atoms with E-state index in [9.17, 15) is 19.5 Å². The Morgan fingerprint density at radius 2 is 2.08 bits per heavy atom. The molecule has 0 aliphatic carbocycles. The average Bonchev–Trinajstić information content (AvgIpc) is 3.09. The predicted octanol–water partition coefficient (Wildman–Crippen LogP) is 0.497. The number of rotatable bonds is 3. The lowest BCUT2D eigenvalue weighted by Gasteiger charge is -2.22. The minimum Gasteiger partial charge on any atom is -0.480 e. The summed E-state index contributed by atoms with van der Waals surface area (Å²) in [5.41, 5.74) is 2.40. The van der Waals surface area contributed by atoms with Gasteiger partial charge in [-0.05, 0) is 37.8 Å². The molecule has 2 aromatic rings. The zero-order chi connectivity index (χ0) is 17.6. The van der Waals surface area contributed by atoms with Gasteiger partial charge in [0.25, 0.3) is 5.56 Å². The number of aryl methyl sites for hydroxylation is 3. The van der Waals surface area contributed by atoms with Crippen LogP contribution >= 0.6 is 0 Å². The van der Waals surface area contributed by atoms with Crippen LogP contribution in [0.15, 0.2) is 4.79 Å². The van der Waals surface area contributed by atoms with Gasteiger partial charge in [0.1, 0.15) is 6.04 Å². The van der Waals surface area contributed by atoms with Crippen molar-refractivity contribution in [1.82, 2.24) is 19.7 Å². The van der Waals surface area contributed by atoms with Crippen molar-refractivity contribution in [3.05, 3.63) is 27.2 Å². The van der Waals surface area contributed by atoms with E-state index < -0.39 is 12.0 Å². The summed E-state index contributed by atoms with van der Waals surface area (Å²) >= 11 is 0. The van der Waals surface area contributed by atoms with E-state index in [1.807, 2.05) is 0 Å². The minimum absolute atomic E-state index is 0.0543. The van der Waals surface area contributed by atoms with Gasteiger partial charge >= 0.3 is 5.97 Å². The van der Waals surface area contributed by atoms with Crippen LogP contribution < -0.4 is 5.56 Å². The van der Waals surface area contributed by atoms with Gasteiger partial charge in [0, 0.05) is 19.3 Å². The molecule has 1 aliphatic heterocycles. The van der Waals surface area contributed by atoms with Crippen LogP contribution in [0.4, 0.5) is 0 Å². The van der Waals surface area contributed by atoms with Gasteiger partial charge in [-0.1, -0.05) is 0 Å². The number of carbonyl (C=O) groups excluding carboxylic acids is 1. The van der Waals surface area contributed by atoms with Crippen molar-refractivity contribution in [2.24, 2.45) is 7.05 Å². The normalized spacial score (nSPS) is 17.6. The van der Waals surface area contributed by atoms with E-state index in [2.05, 4.69) is 10.1 Å². The first-order valence-corrected chi connectivity index (χ1v) is 7.88. The number of hydrogen-bond acceptors (Lipinski definition) is 4. The Morgan fingerprint density at radius 1 is 1.38 bits per heavy atom. The number of likely N-dealkylation sites (tertiary alicyclic amines) is 1. The number of carboxylic acid groups (broad SMARTS) is 1. The van der Waals surface area contributed by atoms with Gasteiger partial charge in [0.05, 0.1) is 11.8 Å². The third kappa shape index (κ3) is 2.47. The summed E-state index contributed by atoms with van der Waals surface area (Å²) in [6, 6.07) is -0.755. The molecular formula is C16H20N4O4. The van der Waals surface area contributed by atoms with Crippen molar-refractivity contribution in [3.8, 4) is 0 Å². The summed E-state index contributed by atoms with van der Waals surface area (Å²) in [5, 5.41) is 12.4. The molecular weight excluding hydrogens is 312 g/mol. The lowest BCUT2D eigenvalue weighted by Crippen LogP contribution is -2.41. The van der Waals surface area contributed by atoms with Crippen molar-refractivity contribution in [2.45, 2.75) is 39.2 Å². The molecule has 0 aromatic carbocycles. The second-order valence-corrected chi connectivity index (χ2v) is 6.26. The fraction of sp³-hybridized carbons (Fsp3) is 0.500. The highest BCUT2D eigenvalue weighted by atomic mass is 16.4. The topological polar surface area (TPSA) is 108 Å². The Labute approximate surface area is 138 Å². The van der Waals surface area contributed by atoms with Crippen LogP contribution in [0, 0.1) is 13.8 Å². The number of aliphatic carboxylic acids is 1. The first kappa shape index (κ1) is 16.2. The molecule has 3 heterocycles. The maximum absolute atomic E-state index is 12.6. The minimum atomic E-state index is -0.970. The van der Waals surface area contributed by atoms with Gasteiger partial charge in [-0.25, -0.2) is 9.78 Å². The van der Waals surface area contributed by atoms with E-state index in [1.165, 1.54) is 4.90 Å². The number of aromatic nitrogens is 3. The molecule has 1 amide bonds. The lowest BCUT2D eigenvalue weighted by molar-refractivity contribution is -0.148. The van der Waals surface area contributed by atoms with Crippen LogP contribution in [0.2, 0.25) is 0 Å². The molecule has 24 heavy (non-hydrogen) atoms. The number of hydrogen-bond donors (Lipinski definition) is 2. The Bertz CT molecular complexity index is 896. The van der Waals surface area contributed by atoms with Gasteiger partial charge < -0.3 is 10.0 Å². The highest BCUT2D eigenvalue weighted by molar-refractivity contribution is 5.88. The average molecular weight is 332 g/mol. The van der Waals surface area contributed by atoms with Crippen molar-refractivity contribution >= 4 is 22.9 Å². The van der Waals surface area contributed by atoms with Crippen molar-refractivity contribution in [2.75, 3.05) is 6.54 Å². The second-order valence-electron chi connectivity index (χ2n) is 6.26. The van der Waals surface area contributed by atoms with E-state index in [1.54, 1.807) is 25.6 Å². The van der Waals surface area contributed by atoms with Crippen molar-refractivity contribution in [3.63, 3.8) is 0 Å². The number of carboxylic acids is 1. The lowest BCUT2D eigenvalue weighted by atomic mass is 10.0. The Kier molecular flexibility index (Phi) is 3.90. The third-order valence-electron chi connectivity index (χ3n) is 4.76. The molecule has 0 bridgehead atoms. The monoisotopic (exact) mass is 332 g/mol. The Balaban J connectivity index is 1.98. The van der Waals surface area contributed by atoms with Crippen LogP contribution in [0.5, 0.6) is 0 Å². The van der Waals surface area contributed by atoms with Crippen LogP contribution in [0.25, 0.3) is 11.0 Å². The number of fused-ring (bicyclic) bond motifs is 1. The molecule has 0 saturated carbocycles. The molecule has 1 fully saturated rings. The first-order valence-electron chi connectivity index (χ1n) is 7.88. The van der Waals surface area contributed by atoms with Crippen LogP contribution in [0.1, 0.15) is 29.7 Å². The maximum atomic E-state index is 12.6. The molecule has 0 spiro atoms.